The smallest absolute Gasteiger partial charge is 0.319 e. The molecule has 1 heterocycles. The standard InChI is InChI=1S/C16H17NO3/c1-4-20-15(19)16(2,3)14(18)12-7-8-13-11(10-12)6-5-9-17-13/h5-10H,4H2,1-3H3. The summed E-state index contributed by atoms with van der Waals surface area (Å²) in [5, 5.41) is 0.873. The molecule has 104 valence electrons. The molecule has 1 aromatic heterocycles. The first kappa shape index (κ1) is 14.2. The van der Waals surface area contributed by atoms with Crippen molar-refractivity contribution < 1.29 is 14.3 Å². The Morgan fingerprint density at radius 2 is 2.00 bits per heavy atom. The van der Waals surface area contributed by atoms with Gasteiger partial charge in [0, 0.05) is 17.1 Å². The molecule has 0 aliphatic rings. The number of aromatic nitrogens is 1. The van der Waals surface area contributed by atoms with E-state index < -0.39 is 11.4 Å². The van der Waals surface area contributed by atoms with Gasteiger partial charge in [0.05, 0.1) is 12.1 Å². The van der Waals surface area contributed by atoms with Crippen molar-refractivity contribution >= 4 is 22.7 Å². The molecule has 0 saturated heterocycles. The fourth-order valence-electron chi connectivity index (χ4n) is 1.98. The van der Waals surface area contributed by atoms with E-state index in [-0.39, 0.29) is 12.4 Å². The van der Waals surface area contributed by atoms with E-state index in [1.54, 1.807) is 45.2 Å². The molecule has 2 aromatic rings. The van der Waals surface area contributed by atoms with Crippen molar-refractivity contribution in [3.8, 4) is 0 Å². The molecule has 0 aliphatic heterocycles. The zero-order valence-electron chi connectivity index (χ0n) is 11.8. The summed E-state index contributed by atoms with van der Waals surface area (Å²) in [6.45, 7) is 5.15. The van der Waals surface area contributed by atoms with Crippen molar-refractivity contribution in [2.45, 2.75) is 20.8 Å². The third kappa shape index (κ3) is 2.54. The average molecular weight is 271 g/mol. The lowest BCUT2D eigenvalue weighted by atomic mass is 9.84. The predicted octanol–water partition coefficient (Wildman–Crippen LogP) is 3.01. The van der Waals surface area contributed by atoms with Gasteiger partial charge in [-0.05, 0) is 45.0 Å². The molecule has 0 radical (unpaired) electrons. The number of ether oxygens (including phenoxy) is 1. The third-order valence-corrected chi connectivity index (χ3v) is 3.22. The van der Waals surface area contributed by atoms with Crippen LogP contribution in [0.25, 0.3) is 10.9 Å². The highest BCUT2D eigenvalue weighted by molar-refractivity contribution is 6.12. The van der Waals surface area contributed by atoms with Crippen LogP contribution in [-0.4, -0.2) is 23.3 Å². The highest BCUT2D eigenvalue weighted by Gasteiger charge is 2.38. The van der Waals surface area contributed by atoms with Crippen LogP contribution in [0, 0.1) is 5.41 Å². The van der Waals surface area contributed by atoms with E-state index in [2.05, 4.69) is 4.98 Å². The lowest BCUT2D eigenvalue weighted by Gasteiger charge is -2.20. The van der Waals surface area contributed by atoms with E-state index in [0.29, 0.717) is 5.56 Å². The second-order valence-electron chi connectivity index (χ2n) is 5.09. The Morgan fingerprint density at radius 3 is 2.70 bits per heavy atom. The van der Waals surface area contributed by atoms with Crippen LogP contribution in [0.3, 0.4) is 0 Å². The van der Waals surface area contributed by atoms with Crippen LogP contribution in [0.4, 0.5) is 0 Å². The average Bonchev–Trinajstić information content (AvgIpc) is 2.46. The molecule has 0 bridgehead atoms. The van der Waals surface area contributed by atoms with Crippen LogP contribution < -0.4 is 0 Å². The van der Waals surface area contributed by atoms with Crippen molar-refractivity contribution in [1.29, 1.82) is 0 Å². The largest absolute Gasteiger partial charge is 0.465 e. The number of pyridine rings is 1. The van der Waals surface area contributed by atoms with Crippen LogP contribution in [0.5, 0.6) is 0 Å². The molecule has 0 aliphatic carbocycles. The van der Waals surface area contributed by atoms with Gasteiger partial charge in [0.2, 0.25) is 0 Å². The van der Waals surface area contributed by atoms with E-state index in [4.69, 9.17) is 4.74 Å². The molecule has 4 heteroatoms. The first-order chi connectivity index (χ1) is 9.46. The Labute approximate surface area is 117 Å². The number of benzene rings is 1. The van der Waals surface area contributed by atoms with Gasteiger partial charge in [-0.2, -0.15) is 0 Å². The van der Waals surface area contributed by atoms with Crippen molar-refractivity contribution in [3.05, 3.63) is 42.1 Å². The minimum absolute atomic E-state index is 0.248. The number of esters is 1. The predicted molar refractivity (Wildman–Crippen MR) is 76.5 cm³/mol. The molecule has 2 rings (SSSR count). The maximum absolute atomic E-state index is 12.5. The normalized spacial score (nSPS) is 11.3. The molecule has 0 atom stereocenters. The summed E-state index contributed by atoms with van der Waals surface area (Å²) in [6, 6.07) is 8.93. The second-order valence-corrected chi connectivity index (χ2v) is 5.09. The molecular weight excluding hydrogens is 254 g/mol. The topological polar surface area (TPSA) is 56.3 Å². The van der Waals surface area contributed by atoms with Crippen LogP contribution in [0.15, 0.2) is 36.5 Å². The van der Waals surface area contributed by atoms with Crippen molar-refractivity contribution in [2.75, 3.05) is 6.61 Å². The van der Waals surface area contributed by atoms with Crippen LogP contribution in [0.1, 0.15) is 31.1 Å². The minimum atomic E-state index is -1.19. The van der Waals surface area contributed by atoms with Crippen LogP contribution in [0.2, 0.25) is 0 Å². The van der Waals surface area contributed by atoms with Gasteiger partial charge in [0.1, 0.15) is 5.41 Å². The van der Waals surface area contributed by atoms with Gasteiger partial charge in [0.25, 0.3) is 0 Å². The first-order valence-corrected chi connectivity index (χ1v) is 6.53. The summed E-state index contributed by atoms with van der Waals surface area (Å²) >= 11 is 0. The maximum Gasteiger partial charge on any atom is 0.319 e. The molecule has 1 aromatic carbocycles. The number of ketones is 1. The van der Waals surface area contributed by atoms with Crippen molar-refractivity contribution in [1.82, 2.24) is 4.98 Å². The number of fused-ring (bicyclic) bond motifs is 1. The number of carbonyl (C=O) groups excluding carboxylic acids is 2. The Hall–Kier alpha value is -2.23. The van der Waals surface area contributed by atoms with Gasteiger partial charge in [-0.25, -0.2) is 0 Å². The van der Waals surface area contributed by atoms with Gasteiger partial charge >= 0.3 is 5.97 Å². The van der Waals surface area contributed by atoms with Gasteiger partial charge in [0.15, 0.2) is 5.78 Å². The maximum atomic E-state index is 12.5. The minimum Gasteiger partial charge on any atom is -0.465 e. The van der Waals surface area contributed by atoms with Gasteiger partial charge in [-0.3, -0.25) is 14.6 Å². The zero-order chi connectivity index (χ0) is 14.8. The van der Waals surface area contributed by atoms with Gasteiger partial charge in [-0.1, -0.05) is 6.07 Å². The molecule has 0 N–H and O–H groups in total. The quantitative estimate of drug-likeness (QED) is 0.487. The number of hydrogen-bond donors (Lipinski definition) is 0. The molecule has 20 heavy (non-hydrogen) atoms. The lowest BCUT2D eigenvalue weighted by Crippen LogP contribution is -2.35. The van der Waals surface area contributed by atoms with Gasteiger partial charge < -0.3 is 4.74 Å². The molecule has 0 unspecified atom stereocenters. The Morgan fingerprint density at radius 1 is 1.25 bits per heavy atom. The van der Waals surface area contributed by atoms with E-state index in [0.717, 1.165) is 10.9 Å². The van der Waals surface area contributed by atoms with E-state index in [9.17, 15) is 9.59 Å². The molecular formula is C16H17NO3. The Kier molecular flexibility index (Phi) is 3.84. The SMILES string of the molecule is CCOC(=O)C(C)(C)C(=O)c1ccc2ncccc2c1. The lowest BCUT2D eigenvalue weighted by molar-refractivity contribution is -0.150. The first-order valence-electron chi connectivity index (χ1n) is 6.53. The molecule has 4 nitrogen and oxygen atoms in total. The summed E-state index contributed by atoms with van der Waals surface area (Å²) in [4.78, 5) is 28.6. The van der Waals surface area contributed by atoms with Crippen molar-refractivity contribution in [3.63, 3.8) is 0 Å². The number of nitrogens with zero attached hydrogens (tertiary/aromatic N) is 1. The second kappa shape index (κ2) is 5.41. The monoisotopic (exact) mass is 271 g/mol. The molecule has 0 fully saturated rings. The van der Waals surface area contributed by atoms with Gasteiger partial charge in [-0.15, -0.1) is 0 Å². The Bertz CT molecular complexity index is 662. The highest BCUT2D eigenvalue weighted by atomic mass is 16.5. The van der Waals surface area contributed by atoms with Crippen LogP contribution in [-0.2, 0) is 9.53 Å². The van der Waals surface area contributed by atoms with E-state index >= 15 is 0 Å². The van der Waals surface area contributed by atoms with Crippen LogP contribution >= 0.6 is 0 Å². The van der Waals surface area contributed by atoms with Crippen molar-refractivity contribution in [2.24, 2.45) is 5.41 Å². The fraction of sp³-hybridized carbons (Fsp3) is 0.312. The summed E-state index contributed by atoms with van der Waals surface area (Å²) in [7, 11) is 0. The molecule has 0 amide bonds. The highest BCUT2D eigenvalue weighted by Crippen LogP contribution is 2.25. The third-order valence-electron chi connectivity index (χ3n) is 3.22. The number of carbonyl (C=O) groups is 2. The summed E-state index contributed by atoms with van der Waals surface area (Å²) < 4.78 is 4.96. The Balaban J connectivity index is 2.37. The number of Topliss-reactive ketones (excluding diaryl/α,β-unsaturated/α-hetero) is 1. The molecule has 0 spiro atoms. The van der Waals surface area contributed by atoms with E-state index in [1.807, 2.05) is 12.1 Å². The zero-order valence-corrected chi connectivity index (χ0v) is 11.8. The number of rotatable bonds is 4. The fourth-order valence-corrected chi connectivity index (χ4v) is 1.98. The summed E-state index contributed by atoms with van der Waals surface area (Å²) in [5.74, 6) is -0.752. The van der Waals surface area contributed by atoms with E-state index in [1.165, 1.54) is 0 Å². The molecule has 0 saturated carbocycles. The number of hydrogen-bond acceptors (Lipinski definition) is 4. The summed E-state index contributed by atoms with van der Waals surface area (Å²) in [5.41, 5.74) is 0.118. The summed E-state index contributed by atoms with van der Waals surface area (Å²) in [6.07, 6.45) is 1.70.